The van der Waals surface area contributed by atoms with E-state index in [1.54, 1.807) is 0 Å². The van der Waals surface area contributed by atoms with Gasteiger partial charge in [-0.15, -0.1) is 0 Å². The molecular weight excluding hydrogens is 326 g/mol. The van der Waals surface area contributed by atoms with Gasteiger partial charge < -0.3 is 16.0 Å². The molecule has 3 rings (SSSR count). The lowest BCUT2D eigenvalue weighted by Crippen LogP contribution is -2.44. The lowest BCUT2D eigenvalue weighted by Gasteiger charge is -2.37. The molecule has 0 aromatic heterocycles. The molecule has 2 aliphatic rings. The zero-order valence-electron chi connectivity index (χ0n) is 16.4. The minimum absolute atomic E-state index is 0.0324. The fraction of sp³-hybridized carbons (Fsp3) is 0.619. The van der Waals surface area contributed by atoms with Crippen molar-refractivity contribution in [3.05, 3.63) is 23.8 Å². The first-order chi connectivity index (χ1) is 12.2. The van der Waals surface area contributed by atoms with Crippen LogP contribution in [0, 0.1) is 23.7 Å². The Kier molecular flexibility index (Phi) is 5.11. The molecule has 0 unspecified atom stereocenters. The van der Waals surface area contributed by atoms with Crippen molar-refractivity contribution in [3.8, 4) is 0 Å². The SMILES string of the molecule is Cc1ccc(NC(=O)[C@@]23CCCC[C@H]2CNC3)cc1NC(=O)C(C)(C)C. The van der Waals surface area contributed by atoms with E-state index in [4.69, 9.17) is 0 Å². The van der Waals surface area contributed by atoms with Crippen molar-refractivity contribution in [2.45, 2.75) is 53.4 Å². The summed E-state index contributed by atoms with van der Waals surface area (Å²) in [6, 6.07) is 5.72. The highest BCUT2D eigenvalue weighted by atomic mass is 16.2. The van der Waals surface area contributed by atoms with E-state index in [0.717, 1.165) is 49.3 Å². The van der Waals surface area contributed by atoms with Crippen LogP contribution in [0.1, 0.15) is 52.0 Å². The van der Waals surface area contributed by atoms with Gasteiger partial charge in [-0.05, 0) is 49.9 Å². The smallest absolute Gasteiger partial charge is 0.232 e. The topological polar surface area (TPSA) is 70.2 Å². The third kappa shape index (κ3) is 3.63. The second kappa shape index (κ2) is 7.03. The van der Waals surface area contributed by atoms with E-state index in [1.807, 2.05) is 45.9 Å². The second-order valence-corrected chi connectivity index (χ2v) is 8.92. The molecule has 142 valence electrons. The Morgan fingerprint density at radius 3 is 2.69 bits per heavy atom. The minimum Gasteiger partial charge on any atom is -0.325 e. The molecule has 2 amide bonds. The van der Waals surface area contributed by atoms with Crippen LogP contribution in [0.25, 0.3) is 0 Å². The maximum absolute atomic E-state index is 13.1. The predicted octanol–water partition coefficient (Wildman–Crippen LogP) is 3.70. The van der Waals surface area contributed by atoms with Gasteiger partial charge in [0.05, 0.1) is 5.41 Å². The summed E-state index contributed by atoms with van der Waals surface area (Å²) < 4.78 is 0. The molecular formula is C21H31N3O2. The molecule has 1 aliphatic carbocycles. The number of anilines is 2. The number of fused-ring (bicyclic) bond motifs is 1. The fourth-order valence-electron chi connectivity index (χ4n) is 4.09. The molecule has 0 bridgehead atoms. The fourth-order valence-corrected chi connectivity index (χ4v) is 4.09. The van der Waals surface area contributed by atoms with E-state index in [1.165, 1.54) is 6.42 Å². The molecule has 1 aromatic rings. The number of rotatable bonds is 3. The zero-order valence-corrected chi connectivity index (χ0v) is 16.4. The van der Waals surface area contributed by atoms with Crippen LogP contribution >= 0.6 is 0 Å². The van der Waals surface area contributed by atoms with Gasteiger partial charge in [-0.25, -0.2) is 0 Å². The molecule has 5 nitrogen and oxygen atoms in total. The first-order valence-electron chi connectivity index (χ1n) is 9.67. The van der Waals surface area contributed by atoms with Crippen molar-refractivity contribution in [1.82, 2.24) is 5.32 Å². The maximum Gasteiger partial charge on any atom is 0.232 e. The quantitative estimate of drug-likeness (QED) is 0.772. The van der Waals surface area contributed by atoms with Gasteiger partial charge in [0.25, 0.3) is 0 Å². The Morgan fingerprint density at radius 1 is 1.19 bits per heavy atom. The lowest BCUT2D eigenvalue weighted by molar-refractivity contribution is -0.128. The van der Waals surface area contributed by atoms with Crippen molar-refractivity contribution in [2.75, 3.05) is 23.7 Å². The van der Waals surface area contributed by atoms with Crippen molar-refractivity contribution in [1.29, 1.82) is 0 Å². The number of hydrogen-bond acceptors (Lipinski definition) is 3. The van der Waals surface area contributed by atoms with Gasteiger partial charge in [0, 0.05) is 23.3 Å². The number of carbonyl (C=O) groups excluding carboxylic acids is 2. The Hall–Kier alpha value is -1.88. The Bertz CT molecular complexity index is 708. The number of carbonyl (C=O) groups is 2. The van der Waals surface area contributed by atoms with Crippen LogP contribution in [0.5, 0.6) is 0 Å². The van der Waals surface area contributed by atoms with E-state index < -0.39 is 5.41 Å². The number of hydrogen-bond donors (Lipinski definition) is 3. The van der Waals surface area contributed by atoms with Crippen LogP contribution in [0.3, 0.4) is 0 Å². The average Bonchev–Trinajstić information content (AvgIpc) is 3.02. The summed E-state index contributed by atoms with van der Waals surface area (Å²) >= 11 is 0. The Morgan fingerprint density at radius 2 is 1.96 bits per heavy atom. The van der Waals surface area contributed by atoms with Crippen molar-refractivity contribution in [2.24, 2.45) is 16.7 Å². The summed E-state index contributed by atoms with van der Waals surface area (Å²) in [5, 5.41) is 9.53. The highest BCUT2D eigenvalue weighted by Crippen LogP contribution is 2.44. The van der Waals surface area contributed by atoms with E-state index in [9.17, 15) is 9.59 Å². The molecule has 1 saturated heterocycles. The van der Waals surface area contributed by atoms with Gasteiger partial charge in [-0.1, -0.05) is 39.7 Å². The summed E-state index contributed by atoms with van der Waals surface area (Å²) in [5.74, 6) is 0.515. The van der Waals surface area contributed by atoms with Crippen LogP contribution in [-0.4, -0.2) is 24.9 Å². The zero-order chi connectivity index (χ0) is 18.9. The van der Waals surface area contributed by atoms with Gasteiger partial charge >= 0.3 is 0 Å². The third-order valence-corrected chi connectivity index (χ3v) is 5.92. The molecule has 0 radical (unpaired) electrons. The summed E-state index contributed by atoms with van der Waals surface area (Å²) in [5.41, 5.74) is 1.74. The van der Waals surface area contributed by atoms with E-state index in [-0.39, 0.29) is 17.2 Å². The van der Waals surface area contributed by atoms with Crippen LogP contribution in [-0.2, 0) is 9.59 Å². The first-order valence-corrected chi connectivity index (χ1v) is 9.67. The summed E-state index contributed by atoms with van der Waals surface area (Å²) in [4.78, 5) is 25.4. The van der Waals surface area contributed by atoms with E-state index in [0.29, 0.717) is 5.92 Å². The second-order valence-electron chi connectivity index (χ2n) is 8.92. The molecule has 1 saturated carbocycles. The van der Waals surface area contributed by atoms with Crippen LogP contribution in [0.15, 0.2) is 18.2 Å². The summed E-state index contributed by atoms with van der Waals surface area (Å²) in [7, 11) is 0. The third-order valence-electron chi connectivity index (χ3n) is 5.92. The number of amides is 2. The molecule has 0 spiro atoms. The van der Waals surface area contributed by atoms with Gasteiger partial charge in [0.15, 0.2) is 0 Å². The standard InChI is InChI=1S/C21H31N3O2/c1-14-8-9-16(11-17(14)24-18(25)20(2,3)4)23-19(26)21-10-6-5-7-15(21)12-22-13-21/h8-9,11,15,22H,5-7,10,12-13H2,1-4H3,(H,23,26)(H,24,25)/t15-,21+/m0/s1. The van der Waals surface area contributed by atoms with Gasteiger partial charge in [-0.3, -0.25) is 9.59 Å². The van der Waals surface area contributed by atoms with E-state index >= 15 is 0 Å². The highest BCUT2D eigenvalue weighted by molar-refractivity contribution is 5.98. The van der Waals surface area contributed by atoms with Crippen LogP contribution in [0.2, 0.25) is 0 Å². The van der Waals surface area contributed by atoms with Crippen molar-refractivity contribution >= 4 is 23.2 Å². The lowest BCUT2D eigenvalue weighted by atomic mass is 9.67. The molecule has 1 aromatic carbocycles. The van der Waals surface area contributed by atoms with Gasteiger partial charge in [0.2, 0.25) is 11.8 Å². The molecule has 1 heterocycles. The summed E-state index contributed by atoms with van der Waals surface area (Å²) in [6.07, 6.45) is 4.42. The monoisotopic (exact) mass is 357 g/mol. The Balaban J connectivity index is 1.77. The molecule has 26 heavy (non-hydrogen) atoms. The van der Waals surface area contributed by atoms with Crippen LogP contribution < -0.4 is 16.0 Å². The molecule has 1 aliphatic heterocycles. The molecule has 5 heteroatoms. The molecule has 3 N–H and O–H groups in total. The predicted molar refractivity (Wildman–Crippen MR) is 105 cm³/mol. The van der Waals surface area contributed by atoms with Gasteiger partial charge in [0.1, 0.15) is 0 Å². The largest absolute Gasteiger partial charge is 0.325 e. The number of benzene rings is 1. The number of nitrogens with one attached hydrogen (secondary N) is 3. The average molecular weight is 357 g/mol. The normalized spacial score (nSPS) is 25.5. The van der Waals surface area contributed by atoms with Crippen LogP contribution in [0.4, 0.5) is 11.4 Å². The maximum atomic E-state index is 13.1. The Labute approximate surface area is 156 Å². The summed E-state index contributed by atoms with van der Waals surface area (Å²) in [6.45, 7) is 9.33. The first kappa shape index (κ1) is 18.9. The number of aryl methyl sites for hydroxylation is 1. The minimum atomic E-state index is -0.463. The van der Waals surface area contributed by atoms with Crippen molar-refractivity contribution < 1.29 is 9.59 Å². The van der Waals surface area contributed by atoms with E-state index in [2.05, 4.69) is 16.0 Å². The van der Waals surface area contributed by atoms with Crippen molar-refractivity contribution in [3.63, 3.8) is 0 Å². The van der Waals surface area contributed by atoms with Gasteiger partial charge in [-0.2, -0.15) is 0 Å². The molecule has 2 atom stereocenters. The molecule has 2 fully saturated rings. The highest BCUT2D eigenvalue weighted by Gasteiger charge is 2.49.